The Morgan fingerprint density at radius 3 is 3.04 bits per heavy atom. The first-order valence-corrected chi connectivity index (χ1v) is 8.81. The molecule has 2 aromatic heterocycles. The maximum absolute atomic E-state index is 12.2. The van der Waals surface area contributed by atoms with E-state index >= 15 is 0 Å². The molecule has 1 atom stereocenters. The Kier molecular flexibility index (Phi) is 4.60. The van der Waals surface area contributed by atoms with Crippen molar-refractivity contribution in [2.75, 3.05) is 13.1 Å². The minimum Gasteiger partial charge on any atom is -0.487 e. The molecule has 3 rings (SSSR count). The predicted molar refractivity (Wildman–Crippen MR) is 83.4 cm³/mol. The van der Waals surface area contributed by atoms with E-state index in [-0.39, 0.29) is 17.5 Å². The van der Waals surface area contributed by atoms with Crippen LogP contribution < -0.4 is 14.8 Å². The molecule has 2 N–H and O–H groups in total. The average Bonchev–Trinajstić information content (AvgIpc) is 3.18. The summed E-state index contributed by atoms with van der Waals surface area (Å²) in [5, 5.41) is 7.11. The number of nitrogens with one attached hydrogen (secondary N) is 2. The molecule has 1 aliphatic heterocycles. The summed E-state index contributed by atoms with van der Waals surface area (Å²) < 4.78 is 34.4. The van der Waals surface area contributed by atoms with E-state index in [4.69, 9.17) is 4.74 Å². The number of nitrogens with zero attached hydrogens (tertiary/aromatic N) is 3. The third kappa shape index (κ3) is 3.87. The maximum Gasteiger partial charge on any atom is 0.243 e. The van der Waals surface area contributed by atoms with Crippen molar-refractivity contribution in [3.05, 3.63) is 36.4 Å². The minimum atomic E-state index is -3.60. The van der Waals surface area contributed by atoms with Crippen molar-refractivity contribution in [2.24, 2.45) is 7.05 Å². The van der Waals surface area contributed by atoms with Crippen LogP contribution in [0.3, 0.4) is 0 Å². The van der Waals surface area contributed by atoms with Gasteiger partial charge < -0.3 is 10.1 Å². The molecule has 3 heterocycles. The highest BCUT2D eigenvalue weighted by molar-refractivity contribution is 7.89. The standard InChI is InChI=1S/C14H19N5O3S/c1-19-10-13(8-17-19)23(20,21)18-6-11-2-4-16-9-14(11)22-12-3-5-15-7-12/h2,4,8-10,12,15,18H,3,5-7H2,1H3/t12-/m0/s1. The first kappa shape index (κ1) is 15.9. The molecular weight excluding hydrogens is 318 g/mol. The van der Waals surface area contributed by atoms with Gasteiger partial charge in [-0.25, -0.2) is 13.1 Å². The zero-order chi connectivity index (χ0) is 16.3. The normalized spacial score (nSPS) is 18.2. The van der Waals surface area contributed by atoms with E-state index in [0.29, 0.717) is 5.75 Å². The monoisotopic (exact) mass is 337 g/mol. The molecule has 0 amide bonds. The van der Waals surface area contributed by atoms with Crippen LogP contribution in [0, 0.1) is 0 Å². The highest BCUT2D eigenvalue weighted by Crippen LogP contribution is 2.20. The van der Waals surface area contributed by atoms with Crippen LogP contribution in [0.1, 0.15) is 12.0 Å². The van der Waals surface area contributed by atoms with E-state index in [1.54, 1.807) is 25.5 Å². The van der Waals surface area contributed by atoms with Gasteiger partial charge in [0, 0.05) is 38.1 Å². The molecule has 9 heteroatoms. The number of aryl methyl sites for hydroxylation is 1. The molecule has 1 aliphatic rings. The Bertz CT molecular complexity index is 768. The van der Waals surface area contributed by atoms with E-state index in [1.165, 1.54) is 17.1 Å². The summed E-state index contributed by atoms with van der Waals surface area (Å²) in [5.74, 6) is 0.607. The summed E-state index contributed by atoms with van der Waals surface area (Å²) in [4.78, 5) is 4.19. The van der Waals surface area contributed by atoms with Crippen LogP contribution in [0.4, 0.5) is 0 Å². The SMILES string of the molecule is Cn1cc(S(=O)(=O)NCc2ccncc2O[C@H]2CCNC2)cn1. The summed E-state index contributed by atoms with van der Waals surface area (Å²) in [6.07, 6.45) is 7.02. The topological polar surface area (TPSA) is 98.1 Å². The molecule has 0 bridgehead atoms. The average molecular weight is 337 g/mol. The number of ether oxygens (including phenoxy) is 1. The van der Waals surface area contributed by atoms with E-state index in [0.717, 1.165) is 25.1 Å². The van der Waals surface area contributed by atoms with Gasteiger partial charge in [-0.05, 0) is 19.0 Å². The van der Waals surface area contributed by atoms with Gasteiger partial charge in [-0.1, -0.05) is 0 Å². The number of hydrogen-bond donors (Lipinski definition) is 2. The number of rotatable bonds is 6. The van der Waals surface area contributed by atoms with Crippen molar-refractivity contribution in [1.82, 2.24) is 24.8 Å². The van der Waals surface area contributed by atoms with Gasteiger partial charge in [-0.15, -0.1) is 0 Å². The van der Waals surface area contributed by atoms with Crippen LogP contribution >= 0.6 is 0 Å². The predicted octanol–water partition coefficient (Wildman–Crippen LogP) is 0.0343. The Morgan fingerprint density at radius 1 is 1.48 bits per heavy atom. The summed E-state index contributed by atoms with van der Waals surface area (Å²) in [6.45, 7) is 1.85. The van der Waals surface area contributed by atoms with Gasteiger partial charge in [0.1, 0.15) is 16.7 Å². The summed E-state index contributed by atoms with van der Waals surface area (Å²) >= 11 is 0. The molecule has 0 saturated carbocycles. The van der Waals surface area contributed by atoms with Crippen LogP contribution in [0.25, 0.3) is 0 Å². The second-order valence-electron chi connectivity index (χ2n) is 5.39. The van der Waals surface area contributed by atoms with Crippen LogP contribution in [0.2, 0.25) is 0 Å². The van der Waals surface area contributed by atoms with Crippen molar-refractivity contribution >= 4 is 10.0 Å². The Balaban J connectivity index is 1.70. The number of pyridine rings is 1. The van der Waals surface area contributed by atoms with Gasteiger partial charge in [-0.2, -0.15) is 5.10 Å². The molecular formula is C14H19N5O3S. The molecule has 0 unspecified atom stereocenters. The molecule has 23 heavy (non-hydrogen) atoms. The van der Waals surface area contributed by atoms with E-state index in [2.05, 4.69) is 20.1 Å². The summed E-state index contributed by atoms with van der Waals surface area (Å²) in [5.41, 5.74) is 0.749. The lowest BCUT2D eigenvalue weighted by Gasteiger charge is -2.15. The van der Waals surface area contributed by atoms with E-state index < -0.39 is 10.0 Å². The number of sulfonamides is 1. The van der Waals surface area contributed by atoms with Crippen molar-refractivity contribution in [3.63, 3.8) is 0 Å². The molecule has 8 nitrogen and oxygen atoms in total. The zero-order valence-corrected chi connectivity index (χ0v) is 13.6. The van der Waals surface area contributed by atoms with Crippen LogP contribution in [-0.2, 0) is 23.6 Å². The van der Waals surface area contributed by atoms with Crippen LogP contribution in [0.15, 0.2) is 35.7 Å². The molecule has 124 valence electrons. The van der Waals surface area contributed by atoms with Gasteiger partial charge in [-0.3, -0.25) is 9.67 Å². The van der Waals surface area contributed by atoms with Crippen LogP contribution in [-0.4, -0.2) is 42.4 Å². The van der Waals surface area contributed by atoms with Crippen molar-refractivity contribution in [1.29, 1.82) is 0 Å². The summed E-state index contributed by atoms with van der Waals surface area (Å²) in [7, 11) is -1.93. The zero-order valence-electron chi connectivity index (χ0n) is 12.8. The maximum atomic E-state index is 12.2. The molecule has 1 saturated heterocycles. The minimum absolute atomic E-state index is 0.0906. The third-order valence-corrected chi connectivity index (χ3v) is 4.98. The second kappa shape index (κ2) is 6.65. The van der Waals surface area contributed by atoms with Gasteiger partial charge in [0.25, 0.3) is 0 Å². The van der Waals surface area contributed by atoms with Gasteiger partial charge in [0.05, 0.1) is 12.4 Å². The Morgan fingerprint density at radius 2 is 2.35 bits per heavy atom. The van der Waals surface area contributed by atoms with Gasteiger partial charge in [0.2, 0.25) is 10.0 Å². The van der Waals surface area contributed by atoms with Crippen molar-refractivity contribution in [2.45, 2.75) is 24.0 Å². The quantitative estimate of drug-likeness (QED) is 0.772. The molecule has 2 aromatic rings. The Labute approximate surface area is 134 Å². The highest BCUT2D eigenvalue weighted by atomic mass is 32.2. The fourth-order valence-corrected chi connectivity index (χ4v) is 3.35. The third-order valence-electron chi connectivity index (χ3n) is 3.62. The van der Waals surface area contributed by atoms with Gasteiger partial charge in [0.15, 0.2) is 0 Å². The molecule has 0 spiro atoms. The number of hydrogen-bond acceptors (Lipinski definition) is 6. The molecule has 0 aromatic carbocycles. The molecule has 0 radical (unpaired) electrons. The highest BCUT2D eigenvalue weighted by Gasteiger charge is 2.19. The van der Waals surface area contributed by atoms with Crippen LogP contribution in [0.5, 0.6) is 5.75 Å². The van der Waals surface area contributed by atoms with Crippen molar-refractivity contribution in [3.8, 4) is 5.75 Å². The first-order valence-electron chi connectivity index (χ1n) is 7.33. The largest absolute Gasteiger partial charge is 0.487 e. The number of aromatic nitrogens is 3. The first-order chi connectivity index (χ1) is 11.0. The Hall–Kier alpha value is -1.97. The second-order valence-corrected chi connectivity index (χ2v) is 7.16. The molecule has 1 fully saturated rings. The van der Waals surface area contributed by atoms with Crippen molar-refractivity contribution < 1.29 is 13.2 Å². The fraction of sp³-hybridized carbons (Fsp3) is 0.429. The lowest BCUT2D eigenvalue weighted by atomic mass is 10.2. The lowest BCUT2D eigenvalue weighted by molar-refractivity contribution is 0.220. The molecule has 0 aliphatic carbocycles. The van der Waals surface area contributed by atoms with Gasteiger partial charge >= 0.3 is 0 Å². The smallest absolute Gasteiger partial charge is 0.243 e. The lowest BCUT2D eigenvalue weighted by Crippen LogP contribution is -2.24. The fourth-order valence-electron chi connectivity index (χ4n) is 2.36. The summed E-state index contributed by atoms with van der Waals surface area (Å²) in [6, 6.07) is 1.75. The van der Waals surface area contributed by atoms with E-state index in [9.17, 15) is 8.42 Å². The van der Waals surface area contributed by atoms with E-state index in [1.807, 2.05) is 0 Å².